The maximum absolute atomic E-state index is 13.8. The van der Waals surface area contributed by atoms with Crippen molar-refractivity contribution in [3.05, 3.63) is 32.9 Å². The number of oxime groups is 1. The van der Waals surface area contributed by atoms with Crippen LogP contribution in [0.15, 0.2) is 27.2 Å². The van der Waals surface area contributed by atoms with Gasteiger partial charge in [-0.1, -0.05) is 28.3 Å². The maximum atomic E-state index is 13.8. The number of nitrogens with one attached hydrogen (secondary N) is 2. The molecule has 3 rings (SSSR count). The molecule has 1 aromatic rings. The SMILES string of the molecule is N=C(N)/C=C/SC1=C(C(=O)O)N2C(=O)C(NC(=O)/C(=N\O)c3nc(N)sc3F)[C@H]2SC1. The Hall–Kier alpha value is -3.11. The Labute approximate surface area is 185 Å². The zero-order valence-electron chi connectivity index (χ0n) is 15.2. The highest BCUT2D eigenvalue weighted by atomic mass is 32.2. The number of carbonyl (C=O) groups excluding carboxylic acids is 2. The molecule has 0 aromatic carbocycles. The number of carboxylic acids is 1. The molecule has 0 spiro atoms. The second-order valence-corrected chi connectivity index (χ2v) is 9.02. The lowest BCUT2D eigenvalue weighted by Gasteiger charge is -2.49. The van der Waals surface area contributed by atoms with Crippen molar-refractivity contribution in [1.29, 1.82) is 5.41 Å². The van der Waals surface area contributed by atoms with Gasteiger partial charge in [0.25, 0.3) is 11.8 Å². The summed E-state index contributed by atoms with van der Waals surface area (Å²) in [5.74, 6) is -3.11. The quantitative estimate of drug-likeness (QED) is 0.0990. The zero-order chi connectivity index (χ0) is 22.9. The molecule has 0 bridgehead atoms. The highest BCUT2D eigenvalue weighted by Gasteiger charge is 2.54. The number of carboxylic acid groups (broad SMARTS) is 1. The van der Waals surface area contributed by atoms with E-state index >= 15 is 0 Å². The van der Waals surface area contributed by atoms with Crippen LogP contribution in [-0.4, -0.2) is 66.7 Å². The van der Waals surface area contributed by atoms with E-state index in [0.29, 0.717) is 16.2 Å². The van der Waals surface area contributed by atoms with Gasteiger partial charge in [0, 0.05) is 10.7 Å². The minimum Gasteiger partial charge on any atom is -0.477 e. The molecular formula is C15H14FN7O5S3. The maximum Gasteiger partial charge on any atom is 0.353 e. The number of aromatic nitrogens is 1. The normalized spacial score (nSPS) is 21.1. The Morgan fingerprint density at radius 1 is 1.48 bits per heavy atom. The number of β-lactam (4-membered cyclic amide) rings is 1. The van der Waals surface area contributed by atoms with E-state index in [0.717, 1.165) is 16.7 Å². The first-order valence-corrected chi connectivity index (χ1v) is 10.9. The molecule has 1 fully saturated rings. The molecule has 2 amide bonds. The summed E-state index contributed by atoms with van der Waals surface area (Å²) in [5.41, 5.74) is 9.02. The first kappa shape index (κ1) is 22.6. The predicted molar refractivity (Wildman–Crippen MR) is 113 cm³/mol. The highest BCUT2D eigenvalue weighted by Crippen LogP contribution is 2.43. The van der Waals surface area contributed by atoms with Crippen LogP contribution in [0.3, 0.4) is 0 Å². The Morgan fingerprint density at radius 2 is 2.19 bits per heavy atom. The number of carbonyl (C=O) groups is 3. The Morgan fingerprint density at radius 3 is 2.74 bits per heavy atom. The largest absolute Gasteiger partial charge is 0.477 e. The number of hydrogen-bond acceptors (Lipinski definition) is 11. The molecule has 164 valence electrons. The number of thioether (sulfide) groups is 2. The van der Waals surface area contributed by atoms with E-state index in [-0.39, 0.29) is 22.4 Å². The number of nitrogen functional groups attached to an aromatic ring is 1. The van der Waals surface area contributed by atoms with Crippen LogP contribution in [-0.2, 0) is 14.4 Å². The van der Waals surface area contributed by atoms with Crippen molar-refractivity contribution < 1.29 is 29.1 Å². The van der Waals surface area contributed by atoms with E-state index in [2.05, 4.69) is 15.5 Å². The third kappa shape index (κ3) is 4.35. The molecule has 1 unspecified atom stereocenters. The first-order valence-electron chi connectivity index (χ1n) is 8.19. The number of nitrogens with two attached hydrogens (primary N) is 2. The van der Waals surface area contributed by atoms with Crippen molar-refractivity contribution in [1.82, 2.24) is 15.2 Å². The van der Waals surface area contributed by atoms with Crippen molar-refractivity contribution in [3.63, 3.8) is 0 Å². The van der Waals surface area contributed by atoms with Gasteiger partial charge in [0.1, 0.15) is 28.6 Å². The average molecular weight is 488 g/mol. The number of amidine groups is 1. The zero-order valence-corrected chi connectivity index (χ0v) is 17.7. The fourth-order valence-corrected chi connectivity index (χ4v) is 5.65. The summed E-state index contributed by atoms with van der Waals surface area (Å²) < 4.78 is 13.8. The highest BCUT2D eigenvalue weighted by molar-refractivity contribution is 8.08. The third-order valence-electron chi connectivity index (χ3n) is 4.02. The lowest BCUT2D eigenvalue weighted by molar-refractivity contribution is -0.150. The Bertz CT molecular complexity index is 1070. The number of aliphatic carboxylic acids is 1. The topological polar surface area (TPSA) is 208 Å². The van der Waals surface area contributed by atoms with Gasteiger partial charge in [-0.25, -0.2) is 9.78 Å². The molecule has 0 aliphatic carbocycles. The third-order valence-corrected chi connectivity index (χ3v) is 7.05. The van der Waals surface area contributed by atoms with Gasteiger partial charge in [-0.2, -0.15) is 4.39 Å². The van der Waals surface area contributed by atoms with E-state index in [1.807, 2.05) is 0 Å². The number of fused-ring (bicyclic) bond motifs is 1. The molecule has 2 atom stereocenters. The number of rotatable bonds is 7. The molecule has 0 saturated carbocycles. The van der Waals surface area contributed by atoms with Gasteiger partial charge >= 0.3 is 5.97 Å². The van der Waals surface area contributed by atoms with E-state index in [9.17, 15) is 23.9 Å². The molecule has 2 aliphatic heterocycles. The van der Waals surface area contributed by atoms with E-state index in [1.54, 1.807) is 0 Å². The summed E-state index contributed by atoms with van der Waals surface area (Å²) in [6.45, 7) is 0. The van der Waals surface area contributed by atoms with Crippen LogP contribution in [0, 0.1) is 10.5 Å². The second kappa shape index (κ2) is 8.94. The van der Waals surface area contributed by atoms with Crippen LogP contribution >= 0.6 is 34.9 Å². The molecular weight excluding hydrogens is 473 g/mol. The van der Waals surface area contributed by atoms with Crippen molar-refractivity contribution >= 4 is 69.3 Å². The van der Waals surface area contributed by atoms with Crippen molar-refractivity contribution in [3.8, 4) is 0 Å². The fraction of sp³-hybridized carbons (Fsp3) is 0.200. The average Bonchev–Trinajstić information content (AvgIpc) is 3.03. The first-order chi connectivity index (χ1) is 14.6. The molecule has 12 nitrogen and oxygen atoms in total. The predicted octanol–water partition coefficient (Wildman–Crippen LogP) is -0.0783. The van der Waals surface area contributed by atoms with Crippen LogP contribution in [0.1, 0.15) is 5.69 Å². The van der Waals surface area contributed by atoms with E-state index in [4.69, 9.17) is 22.1 Å². The summed E-state index contributed by atoms with van der Waals surface area (Å²) in [5, 5.41) is 30.5. The van der Waals surface area contributed by atoms with E-state index in [1.165, 1.54) is 23.2 Å². The summed E-state index contributed by atoms with van der Waals surface area (Å²) in [6.07, 6.45) is 1.27. The number of amides is 2. The van der Waals surface area contributed by atoms with E-state index < -0.39 is 45.7 Å². The van der Waals surface area contributed by atoms with Crippen LogP contribution in [0.2, 0.25) is 0 Å². The smallest absolute Gasteiger partial charge is 0.353 e. The standard InChI is InChI=1S/C15H14FN7O5S3/c16-10-6(21-15(19)31-10)7(22-28)11(24)20-8-12(25)23-9(14(26)27)4(3-30-13(8)23)29-2-1-5(17)18/h1-2,8,13,28H,3H2,(H3,17,18)(H2,19,21)(H,20,24)(H,26,27)/b2-1+,22-7-/t8?,13-/m1/s1. The molecule has 3 heterocycles. The number of halogens is 1. The lowest BCUT2D eigenvalue weighted by atomic mass is 10.0. The molecule has 8 N–H and O–H groups in total. The molecule has 2 aliphatic rings. The van der Waals surface area contributed by atoms with Gasteiger partial charge in [0.2, 0.25) is 5.13 Å². The Kier molecular flexibility index (Phi) is 6.51. The molecule has 1 aromatic heterocycles. The Balaban J connectivity index is 1.78. The van der Waals surface area contributed by atoms with Gasteiger partial charge in [-0.15, -0.1) is 11.8 Å². The molecule has 16 heteroatoms. The molecule has 1 saturated heterocycles. The van der Waals surface area contributed by atoms with Gasteiger partial charge < -0.3 is 27.1 Å². The summed E-state index contributed by atoms with van der Waals surface area (Å²) in [4.78, 5) is 41.8. The van der Waals surface area contributed by atoms with Gasteiger partial charge in [-0.3, -0.25) is 19.9 Å². The van der Waals surface area contributed by atoms with Crippen LogP contribution < -0.4 is 16.8 Å². The minimum atomic E-state index is -1.33. The van der Waals surface area contributed by atoms with Crippen LogP contribution in [0.5, 0.6) is 0 Å². The number of nitrogens with zero attached hydrogens (tertiary/aromatic N) is 3. The van der Waals surface area contributed by atoms with Gasteiger partial charge in [0.05, 0.1) is 0 Å². The van der Waals surface area contributed by atoms with Crippen molar-refractivity contribution in [2.75, 3.05) is 11.5 Å². The molecule has 31 heavy (non-hydrogen) atoms. The number of thiazole rings is 1. The summed E-state index contributed by atoms with van der Waals surface area (Å²) in [7, 11) is 0. The second-order valence-electron chi connectivity index (χ2n) is 5.94. The number of hydrogen-bond donors (Lipinski definition) is 6. The van der Waals surface area contributed by atoms with Gasteiger partial charge in [0.15, 0.2) is 10.8 Å². The monoisotopic (exact) mass is 487 g/mol. The van der Waals surface area contributed by atoms with Crippen molar-refractivity contribution in [2.45, 2.75) is 11.4 Å². The summed E-state index contributed by atoms with van der Waals surface area (Å²) >= 11 is 2.66. The fourth-order valence-electron chi connectivity index (χ4n) is 2.74. The lowest BCUT2D eigenvalue weighted by Crippen LogP contribution is -2.71. The number of anilines is 1. The minimum absolute atomic E-state index is 0.185. The summed E-state index contributed by atoms with van der Waals surface area (Å²) in [6, 6.07) is -1.12. The van der Waals surface area contributed by atoms with Crippen LogP contribution in [0.4, 0.5) is 9.52 Å². The molecule has 0 radical (unpaired) electrons. The van der Waals surface area contributed by atoms with Gasteiger partial charge in [-0.05, 0) is 11.5 Å². The van der Waals surface area contributed by atoms with Crippen LogP contribution in [0.25, 0.3) is 0 Å². The van der Waals surface area contributed by atoms with Crippen molar-refractivity contribution in [2.24, 2.45) is 10.9 Å².